The average Bonchev–Trinajstić information content (AvgIpc) is 2.49. The van der Waals surface area contributed by atoms with Gasteiger partial charge >= 0.3 is 6.03 Å². The number of nitrogens with two attached hydrogens (primary N) is 1. The van der Waals surface area contributed by atoms with Crippen LogP contribution in [0.2, 0.25) is 0 Å². The molecule has 0 saturated carbocycles. The van der Waals surface area contributed by atoms with Gasteiger partial charge in [-0.2, -0.15) is 0 Å². The molecule has 1 aromatic heterocycles. The molecule has 0 fully saturated rings. The van der Waals surface area contributed by atoms with Gasteiger partial charge in [0.2, 0.25) is 0 Å². The lowest BCUT2D eigenvalue weighted by atomic mass is 10.3. The molecule has 62 valence electrons. The number of primary amides is 1. The van der Waals surface area contributed by atoms with Crippen LogP contribution in [0.25, 0.3) is 6.20 Å². The maximum absolute atomic E-state index is 10.8. The van der Waals surface area contributed by atoms with Crippen LogP contribution in [0.5, 0.6) is 0 Å². The smallest absolute Gasteiger partial charge is 0.319 e. The average molecular weight is 163 g/mol. The van der Waals surface area contributed by atoms with Crippen molar-refractivity contribution in [3.63, 3.8) is 0 Å². The summed E-state index contributed by atoms with van der Waals surface area (Å²) in [5.41, 5.74) is 6.19. The van der Waals surface area contributed by atoms with Crippen LogP contribution in [-0.4, -0.2) is 15.5 Å². The van der Waals surface area contributed by atoms with Crippen molar-refractivity contribution in [2.45, 2.75) is 6.54 Å². The summed E-state index contributed by atoms with van der Waals surface area (Å²) in [6.07, 6.45) is 5.42. The Labute approximate surface area is 69.9 Å². The number of aromatic nitrogens is 1. The van der Waals surface area contributed by atoms with Crippen LogP contribution in [0.4, 0.5) is 4.79 Å². The molecule has 2 N–H and O–H groups in total. The Morgan fingerprint density at radius 3 is 3.08 bits per heavy atom. The standard InChI is InChI=1S/C8H9N3O/c9-8(12)11-5-4-10-3-1-2-7(10)6-11/h1-5H,6H2,(H2,9,12). The Balaban J connectivity index is 2.30. The highest BCUT2D eigenvalue weighted by atomic mass is 16.2. The third-order valence-corrected chi connectivity index (χ3v) is 1.89. The third kappa shape index (κ3) is 0.972. The third-order valence-electron chi connectivity index (χ3n) is 1.89. The summed E-state index contributed by atoms with van der Waals surface area (Å²) in [6, 6.07) is 3.47. The summed E-state index contributed by atoms with van der Waals surface area (Å²) in [4.78, 5) is 12.2. The van der Waals surface area contributed by atoms with Crippen molar-refractivity contribution in [3.8, 4) is 0 Å². The van der Waals surface area contributed by atoms with Crippen LogP contribution in [0.3, 0.4) is 0 Å². The molecule has 2 rings (SSSR count). The lowest BCUT2D eigenvalue weighted by Crippen LogP contribution is -2.32. The van der Waals surface area contributed by atoms with Crippen molar-refractivity contribution < 1.29 is 4.79 Å². The molecule has 0 aliphatic carbocycles. The number of carbonyl (C=O) groups excluding carboxylic acids is 1. The Bertz CT molecular complexity index is 340. The topological polar surface area (TPSA) is 51.3 Å². The van der Waals surface area contributed by atoms with E-state index in [0.717, 1.165) is 5.69 Å². The van der Waals surface area contributed by atoms with Gasteiger partial charge in [-0.05, 0) is 12.1 Å². The van der Waals surface area contributed by atoms with Crippen LogP contribution in [0.15, 0.2) is 24.5 Å². The maximum atomic E-state index is 10.8. The Hall–Kier alpha value is -1.71. The van der Waals surface area contributed by atoms with Crippen molar-refractivity contribution in [2.24, 2.45) is 5.73 Å². The molecular formula is C8H9N3O. The van der Waals surface area contributed by atoms with Crippen LogP contribution >= 0.6 is 0 Å². The minimum absolute atomic E-state index is 0.418. The molecule has 0 bridgehead atoms. The molecule has 1 aromatic rings. The van der Waals surface area contributed by atoms with E-state index >= 15 is 0 Å². The highest BCUT2D eigenvalue weighted by Gasteiger charge is 2.12. The number of carbonyl (C=O) groups is 1. The summed E-state index contributed by atoms with van der Waals surface area (Å²) in [5, 5.41) is 0. The van der Waals surface area contributed by atoms with E-state index in [0.29, 0.717) is 6.54 Å². The van der Waals surface area contributed by atoms with Crippen LogP contribution in [0.1, 0.15) is 5.69 Å². The highest BCUT2D eigenvalue weighted by molar-refractivity contribution is 5.74. The van der Waals surface area contributed by atoms with Gasteiger partial charge in [-0.1, -0.05) is 0 Å². The molecule has 12 heavy (non-hydrogen) atoms. The molecule has 0 radical (unpaired) electrons. The number of amides is 2. The van der Waals surface area contributed by atoms with Gasteiger partial charge in [0.1, 0.15) is 0 Å². The van der Waals surface area contributed by atoms with Crippen molar-refractivity contribution in [1.82, 2.24) is 9.47 Å². The van der Waals surface area contributed by atoms with Gasteiger partial charge in [-0.3, -0.25) is 4.90 Å². The Morgan fingerprint density at radius 2 is 2.33 bits per heavy atom. The summed E-state index contributed by atoms with van der Waals surface area (Å²) in [7, 11) is 0. The molecule has 2 amide bonds. The van der Waals surface area contributed by atoms with E-state index in [1.165, 1.54) is 4.90 Å². The zero-order valence-corrected chi connectivity index (χ0v) is 6.47. The second kappa shape index (κ2) is 2.41. The summed E-state index contributed by atoms with van der Waals surface area (Å²) >= 11 is 0. The molecule has 0 atom stereocenters. The monoisotopic (exact) mass is 163 g/mol. The molecule has 1 aliphatic heterocycles. The van der Waals surface area contributed by atoms with Gasteiger partial charge < -0.3 is 10.3 Å². The van der Waals surface area contributed by atoms with Crippen LogP contribution < -0.4 is 5.73 Å². The normalized spacial score (nSPS) is 14.5. The van der Waals surface area contributed by atoms with E-state index in [9.17, 15) is 4.79 Å². The molecule has 0 unspecified atom stereocenters. The number of fused-ring (bicyclic) bond motifs is 1. The molecule has 4 nitrogen and oxygen atoms in total. The molecule has 4 heteroatoms. The number of urea groups is 1. The van der Waals surface area contributed by atoms with E-state index in [1.54, 1.807) is 6.20 Å². The van der Waals surface area contributed by atoms with Gasteiger partial charge in [0.25, 0.3) is 0 Å². The molecule has 2 heterocycles. The van der Waals surface area contributed by atoms with E-state index in [4.69, 9.17) is 5.73 Å². The number of nitrogens with zero attached hydrogens (tertiary/aromatic N) is 2. The maximum Gasteiger partial charge on any atom is 0.319 e. The number of hydrogen-bond acceptors (Lipinski definition) is 1. The van der Waals surface area contributed by atoms with Crippen LogP contribution in [0, 0.1) is 0 Å². The quantitative estimate of drug-likeness (QED) is 0.604. The van der Waals surface area contributed by atoms with Gasteiger partial charge in [0.15, 0.2) is 0 Å². The predicted molar refractivity (Wildman–Crippen MR) is 44.9 cm³/mol. The molecular weight excluding hydrogens is 154 g/mol. The fraction of sp³-hybridized carbons (Fsp3) is 0.125. The summed E-state index contributed by atoms with van der Waals surface area (Å²) in [6.45, 7) is 0.554. The van der Waals surface area contributed by atoms with Gasteiger partial charge in [-0.25, -0.2) is 4.79 Å². The van der Waals surface area contributed by atoms with Gasteiger partial charge in [0, 0.05) is 24.3 Å². The van der Waals surface area contributed by atoms with E-state index in [2.05, 4.69) is 0 Å². The zero-order valence-electron chi connectivity index (χ0n) is 6.47. The molecule has 1 aliphatic rings. The van der Waals surface area contributed by atoms with E-state index < -0.39 is 6.03 Å². The van der Waals surface area contributed by atoms with E-state index in [1.807, 2.05) is 29.1 Å². The first-order chi connectivity index (χ1) is 5.77. The first kappa shape index (κ1) is 6.97. The summed E-state index contributed by atoms with van der Waals surface area (Å²) in [5.74, 6) is 0. The van der Waals surface area contributed by atoms with Crippen molar-refractivity contribution in [1.29, 1.82) is 0 Å². The van der Waals surface area contributed by atoms with Gasteiger partial charge in [0.05, 0.1) is 6.54 Å². The molecule has 0 spiro atoms. The number of rotatable bonds is 0. The van der Waals surface area contributed by atoms with E-state index in [-0.39, 0.29) is 0 Å². The SMILES string of the molecule is NC(=O)N1C=Cn2cccc2C1. The minimum atomic E-state index is -0.418. The Morgan fingerprint density at radius 1 is 1.50 bits per heavy atom. The lowest BCUT2D eigenvalue weighted by molar-refractivity contribution is 0.222. The largest absolute Gasteiger partial charge is 0.351 e. The minimum Gasteiger partial charge on any atom is -0.351 e. The lowest BCUT2D eigenvalue weighted by Gasteiger charge is -2.20. The van der Waals surface area contributed by atoms with Crippen molar-refractivity contribution >= 4 is 12.2 Å². The Kier molecular flexibility index (Phi) is 1.40. The molecule has 0 aromatic carbocycles. The highest BCUT2D eigenvalue weighted by Crippen LogP contribution is 2.12. The fourth-order valence-corrected chi connectivity index (χ4v) is 1.24. The second-order valence-electron chi connectivity index (χ2n) is 2.67. The summed E-state index contributed by atoms with van der Waals surface area (Å²) < 4.78 is 1.96. The second-order valence-corrected chi connectivity index (χ2v) is 2.67. The number of hydrogen-bond donors (Lipinski definition) is 1. The van der Waals surface area contributed by atoms with Crippen molar-refractivity contribution in [3.05, 3.63) is 30.2 Å². The van der Waals surface area contributed by atoms with Gasteiger partial charge in [-0.15, -0.1) is 0 Å². The fourth-order valence-electron chi connectivity index (χ4n) is 1.24. The first-order valence-electron chi connectivity index (χ1n) is 3.67. The van der Waals surface area contributed by atoms with Crippen LogP contribution in [-0.2, 0) is 6.54 Å². The molecule has 0 saturated heterocycles. The predicted octanol–water partition coefficient (Wildman–Crippen LogP) is 0.811. The first-order valence-corrected chi connectivity index (χ1v) is 3.67. The van der Waals surface area contributed by atoms with Crippen molar-refractivity contribution in [2.75, 3.05) is 0 Å². The zero-order chi connectivity index (χ0) is 8.55.